The summed E-state index contributed by atoms with van der Waals surface area (Å²) >= 11 is 0. The molecule has 88 valence electrons. The van der Waals surface area contributed by atoms with E-state index in [1.165, 1.54) is 12.1 Å². The van der Waals surface area contributed by atoms with Gasteiger partial charge in [0.15, 0.2) is 0 Å². The first-order chi connectivity index (χ1) is 6.95. The summed E-state index contributed by atoms with van der Waals surface area (Å²) in [5, 5.41) is 8.37. The molecule has 1 aromatic carbocycles. The zero-order valence-corrected chi connectivity index (χ0v) is 8.98. The summed E-state index contributed by atoms with van der Waals surface area (Å²) in [4.78, 5) is 0. The zero-order valence-electron chi connectivity index (χ0n) is 8.16. The van der Waals surface area contributed by atoms with Crippen molar-refractivity contribution in [2.24, 2.45) is 5.73 Å². The number of hydrogen-bond donors (Lipinski definition) is 1. The average molecular weight is 251 g/mol. The summed E-state index contributed by atoms with van der Waals surface area (Å²) < 4.78 is 36.9. The van der Waals surface area contributed by atoms with Crippen LogP contribution >= 0.6 is 12.4 Å². The monoisotopic (exact) mass is 250 g/mol. The Labute approximate surface area is 97.3 Å². The Kier molecular flexibility index (Phi) is 5.28. The van der Waals surface area contributed by atoms with Crippen LogP contribution in [-0.2, 0) is 6.18 Å². The molecule has 6 heteroatoms. The van der Waals surface area contributed by atoms with Gasteiger partial charge in [-0.3, -0.25) is 0 Å². The maximum atomic E-state index is 12.3. The first-order valence-electron chi connectivity index (χ1n) is 4.25. The summed E-state index contributed by atoms with van der Waals surface area (Å²) in [7, 11) is 0. The Morgan fingerprint density at radius 3 is 2.50 bits per heavy atom. The molecule has 2 nitrogen and oxygen atoms in total. The minimum Gasteiger partial charge on any atom is -0.323 e. The minimum atomic E-state index is -4.37. The van der Waals surface area contributed by atoms with Crippen LogP contribution in [0.4, 0.5) is 13.2 Å². The normalized spacial score (nSPS) is 12.4. The highest BCUT2D eigenvalue weighted by atomic mass is 35.5. The molecule has 16 heavy (non-hydrogen) atoms. The van der Waals surface area contributed by atoms with Crippen molar-refractivity contribution in [1.82, 2.24) is 0 Å². The van der Waals surface area contributed by atoms with Gasteiger partial charge < -0.3 is 5.73 Å². The molecule has 0 aliphatic carbocycles. The van der Waals surface area contributed by atoms with E-state index < -0.39 is 17.8 Å². The molecule has 0 spiro atoms. The summed E-state index contributed by atoms with van der Waals surface area (Å²) in [6.07, 6.45) is -4.37. The molecule has 0 radical (unpaired) electrons. The minimum absolute atomic E-state index is 0. The van der Waals surface area contributed by atoms with E-state index in [9.17, 15) is 13.2 Å². The third-order valence-electron chi connectivity index (χ3n) is 1.95. The Balaban J connectivity index is 0.00000225. The van der Waals surface area contributed by atoms with Gasteiger partial charge in [-0.2, -0.15) is 18.4 Å². The van der Waals surface area contributed by atoms with Crippen LogP contribution in [0.1, 0.15) is 23.6 Å². The summed E-state index contributed by atoms with van der Waals surface area (Å²) in [5.74, 6) is 0. The van der Waals surface area contributed by atoms with Crippen LogP contribution in [0, 0.1) is 11.3 Å². The molecule has 0 aliphatic rings. The fourth-order valence-electron chi connectivity index (χ4n) is 1.16. The van der Waals surface area contributed by atoms with Crippen molar-refractivity contribution in [2.75, 3.05) is 0 Å². The van der Waals surface area contributed by atoms with Crippen LogP contribution in [0.2, 0.25) is 0 Å². The van der Waals surface area contributed by atoms with E-state index >= 15 is 0 Å². The van der Waals surface area contributed by atoms with E-state index in [0.29, 0.717) is 5.56 Å². The molecule has 0 aromatic heterocycles. The molecule has 0 bridgehead atoms. The lowest BCUT2D eigenvalue weighted by molar-refractivity contribution is -0.137. The SMILES string of the molecule is Cl.N#CC[C@H](N)c1cccc(C(F)(F)F)c1. The highest BCUT2D eigenvalue weighted by Crippen LogP contribution is 2.30. The fraction of sp³-hybridized carbons (Fsp3) is 0.300. The number of alkyl halides is 3. The van der Waals surface area contributed by atoms with Crippen LogP contribution in [0.3, 0.4) is 0 Å². The van der Waals surface area contributed by atoms with E-state index in [4.69, 9.17) is 11.0 Å². The molecule has 2 N–H and O–H groups in total. The molecule has 0 unspecified atom stereocenters. The second-order valence-corrected chi connectivity index (χ2v) is 3.09. The van der Waals surface area contributed by atoms with Crippen molar-refractivity contribution in [1.29, 1.82) is 5.26 Å². The van der Waals surface area contributed by atoms with Crippen molar-refractivity contribution >= 4 is 12.4 Å². The second kappa shape index (κ2) is 5.73. The molecule has 0 heterocycles. The lowest BCUT2D eigenvalue weighted by Gasteiger charge is -2.11. The van der Waals surface area contributed by atoms with E-state index in [2.05, 4.69) is 0 Å². The molecule has 0 saturated carbocycles. The molecule has 1 rings (SSSR count). The van der Waals surface area contributed by atoms with Crippen LogP contribution in [-0.4, -0.2) is 0 Å². The maximum absolute atomic E-state index is 12.3. The third kappa shape index (κ3) is 3.72. The molecular formula is C10H10ClF3N2. The number of nitrogens with zero attached hydrogens (tertiary/aromatic N) is 1. The van der Waals surface area contributed by atoms with Gasteiger partial charge in [0.25, 0.3) is 0 Å². The number of halogens is 4. The fourth-order valence-corrected chi connectivity index (χ4v) is 1.16. The lowest BCUT2D eigenvalue weighted by atomic mass is 10.0. The van der Waals surface area contributed by atoms with Crippen molar-refractivity contribution in [3.8, 4) is 6.07 Å². The quantitative estimate of drug-likeness (QED) is 0.877. The standard InChI is InChI=1S/C10H9F3N2.ClH/c11-10(12,13)8-3-1-2-7(6-8)9(15)4-5-14;/h1-3,6,9H,4,15H2;1H/t9-;/m0./s1. The average Bonchev–Trinajstić information content (AvgIpc) is 2.17. The van der Waals surface area contributed by atoms with Crippen LogP contribution in [0.15, 0.2) is 24.3 Å². The highest BCUT2D eigenvalue weighted by Gasteiger charge is 2.30. The molecular weight excluding hydrogens is 241 g/mol. The summed E-state index contributed by atoms with van der Waals surface area (Å²) in [6.45, 7) is 0. The van der Waals surface area contributed by atoms with Gasteiger partial charge in [0, 0.05) is 6.04 Å². The number of nitriles is 1. The zero-order chi connectivity index (χ0) is 11.5. The Bertz CT molecular complexity index is 384. The van der Waals surface area contributed by atoms with Crippen LogP contribution in [0.5, 0.6) is 0 Å². The Morgan fingerprint density at radius 1 is 1.38 bits per heavy atom. The van der Waals surface area contributed by atoms with Gasteiger partial charge in [0.2, 0.25) is 0 Å². The second-order valence-electron chi connectivity index (χ2n) is 3.09. The smallest absolute Gasteiger partial charge is 0.323 e. The summed E-state index contributed by atoms with van der Waals surface area (Å²) in [5.41, 5.74) is 5.11. The van der Waals surface area contributed by atoms with Gasteiger partial charge in [-0.25, -0.2) is 0 Å². The molecule has 1 atom stereocenters. The first-order valence-corrected chi connectivity index (χ1v) is 4.25. The third-order valence-corrected chi connectivity index (χ3v) is 1.95. The number of nitrogens with two attached hydrogens (primary N) is 1. The van der Waals surface area contributed by atoms with E-state index in [0.717, 1.165) is 12.1 Å². The van der Waals surface area contributed by atoms with Crippen molar-refractivity contribution in [3.05, 3.63) is 35.4 Å². The molecule has 0 saturated heterocycles. The van der Waals surface area contributed by atoms with E-state index in [1.54, 1.807) is 0 Å². The van der Waals surface area contributed by atoms with Gasteiger partial charge in [-0.05, 0) is 17.7 Å². The lowest BCUT2D eigenvalue weighted by Crippen LogP contribution is -2.11. The Morgan fingerprint density at radius 2 is 2.00 bits per heavy atom. The number of hydrogen-bond acceptors (Lipinski definition) is 2. The predicted molar refractivity (Wildman–Crippen MR) is 55.9 cm³/mol. The molecule has 1 aromatic rings. The highest BCUT2D eigenvalue weighted by molar-refractivity contribution is 5.85. The van der Waals surface area contributed by atoms with Gasteiger partial charge in [-0.1, -0.05) is 12.1 Å². The van der Waals surface area contributed by atoms with Gasteiger partial charge in [0.1, 0.15) is 0 Å². The van der Waals surface area contributed by atoms with Crippen molar-refractivity contribution in [2.45, 2.75) is 18.6 Å². The van der Waals surface area contributed by atoms with Gasteiger partial charge >= 0.3 is 6.18 Å². The molecule has 0 fully saturated rings. The maximum Gasteiger partial charge on any atom is 0.416 e. The van der Waals surface area contributed by atoms with Crippen molar-refractivity contribution in [3.63, 3.8) is 0 Å². The van der Waals surface area contributed by atoms with E-state index in [1.807, 2.05) is 6.07 Å². The summed E-state index contributed by atoms with van der Waals surface area (Å²) in [6, 6.07) is 5.87. The largest absolute Gasteiger partial charge is 0.416 e. The molecule has 0 aliphatic heterocycles. The van der Waals surface area contributed by atoms with Gasteiger partial charge in [-0.15, -0.1) is 12.4 Å². The van der Waals surface area contributed by atoms with E-state index in [-0.39, 0.29) is 18.8 Å². The predicted octanol–water partition coefficient (Wildman–Crippen LogP) is 3.04. The molecule has 0 amide bonds. The number of benzene rings is 1. The van der Waals surface area contributed by atoms with Gasteiger partial charge in [0.05, 0.1) is 18.1 Å². The van der Waals surface area contributed by atoms with Crippen LogP contribution < -0.4 is 5.73 Å². The first kappa shape index (κ1) is 14.8. The van der Waals surface area contributed by atoms with Crippen molar-refractivity contribution < 1.29 is 13.2 Å². The topological polar surface area (TPSA) is 49.8 Å². The van der Waals surface area contributed by atoms with Crippen LogP contribution in [0.25, 0.3) is 0 Å². The number of rotatable bonds is 2. The Hall–Kier alpha value is -1.25.